The molecule has 4 nitrogen and oxygen atoms in total. The molecule has 0 saturated heterocycles. The number of nitrogen functional groups attached to an aromatic ring is 1. The second-order valence-electron chi connectivity index (χ2n) is 4.40. The quantitative estimate of drug-likeness (QED) is 0.831. The van der Waals surface area contributed by atoms with Crippen LogP contribution in [-0.2, 0) is 15.6 Å². The number of hydrogen-bond acceptors (Lipinski definition) is 3. The summed E-state index contributed by atoms with van der Waals surface area (Å²) in [5.74, 6) is 0.0693. The Labute approximate surface area is 130 Å². The maximum Gasteiger partial charge on any atom is 0.225 e. The van der Waals surface area contributed by atoms with Crippen molar-refractivity contribution >= 4 is 39.7 Å². The fraction of sp³-hybridized carbons (Fsp3) is 0.133. The summed E-state index contributed by atoms with van der Waals surface area (Å²) >= 11 is 5.81. The zero-order valence-electron chi connectivity index (χ0n) is 11.2. The van der Waals surface area contributed by atoms with Crippen molar-refractivity contribution in [2.45, 2.75) is 11.3 Å². The lowest BCUT2D eigenvalue weighted by molar-refractivity contribution is -0.115. The molecular formula is C15H15ClN2O2S. The van der Waals surface area contributed by atoms with Crippen LogP contribution < -0.4 is 11.1 Å². The monoisotopic (exact) mass is 322 g/mol. The van der Waals surface area contributed by atoms with Gasteiger partial charge in [-0.05, 0) is 30.3 Å². The molecule has 0 spiro atoms. The molecule has 0 aliphatic rings. The van der Waals surface area contributed by atoms with Gasteiger partial charge in [0.25, 0.3) is 0 Å². The topological polar surface area (TPSA) is 72.2 Å². The van der Waals surface area contributed by atoms with Crippen molar-refractivity contribution in [3.05, 3.63) is 53.6 Å². The number of anilines is 2. The van der Waals surface area contributed by atoms with Crippen LogP contribution in [0.25, 0.3) is 0 Å². The van der Waals surface area contributed by atoms with Crippen LogP contribution in [0.2, 0.25) is 5.02 Å². The van der Waals surface area contributed by atoms with Crippen molar-refractivity contribution in [2.24, 2.45) is 0 Å². The molecule has 0 bridgehead atoms. The van der Waals surface area contributed by atoms with Gasteiger partial charge in [0.05, 0.1) is 21.5 Å². The van der Waals surface area contributed by atoms with Gasteiger partial charge in [0.1, 0.15) is 0 Å². The lowest BCUT2D eigenvalue weighted by Gasteiger charge is -2.07. The van der Waals surface area contributed by atoms with Crippen molar-refractivity contribution in [1.29, 1.82) is 0 Å². The third-order valence-corrected chi connectivity index (χ3v) is 4.52. The molecule has 21 heavy (non-hydrogen) atoms. The third-order valence-electron chi connectivity index (χ3n) is 2.80. The first-order chi connectivity index (χ1) is 10.1. The SMILES string of the molecule is Nc1cc(NC(=O)CCS(=O)c2ccccc2)ccc1Cl. The van der Waals surface area contributed by atoms with Crippen LogP contribution in [0.5, 0.6) is 0 Å². The minimum Gasteiger partial charge on any atom is -0.397 e. The number of benzene rings is 2. The summed E-state index contributed by atoms with van der Waals surface area (Å²) in [6.45, 7) is 0. The molecule has 2 aromatic rings. The molecule has 3 N–H and O–H groups in total. The average molecular weight is 323 g/mol. The number of rotatable bonds is 5. The summed E-state index contributed by atoms with van der Waals surface area (Å²) in [5, 5.41) is 3.15. The first-order valence-electron chi connectivity index (χ1n) is 6.34. The molecule has 0 radical (unpaired) electrons. The van der Waals surface area contributed by atoms with Crippen LogP contribution in [-0.4, -0.2) is 15.9 Å². The van der Waals surface area contributed by atoms with E-state index in [1.807, 2.05) is 18.2 Å². The van der Waals surface area contributed by atoms with Gasteiger partial charge in [-0.3, -0.25) is 9.00 Å². The highest BCUT2D eigenvalue weighted by Crippen LogP contribution is 2.22. The van der Waals surface area contributed by atoms with E-state index in [1.165, 1.54) is 0 Å². The van der Waals surface area contributed by atoms with E-state index >= 15 is 0 Å². The van der Waals surface area contributed by atoms with Gasteiger partial charge in [-0.2, -0.15) is 0 Å². The van der Waals surface area contributed by atoms with Crippen LogP contribution in [0.3, 0.4) is 0 Å². The van der Waals surface area contributed by atoms with Gasteiger partial charge in [-0.25, -0.2) is 0 Å². The van der Waals surface area contributed by atoms with Crippen LogP contribution in [0.1, 0.15) is 6.42 Å². The van der Waals surface area contributed by atoms with Gasteiger partial charge in [0.15, 0.2) is 0 Å². The van der Waals surface area contributed by atoms with E-state index in [4.69, 9.17) is 17.3 Å². The zero-order chi connectivity index (χ0) is 15.2. The van der Waals surface area contributed by atoms with Gasteiger partial charge in [0, 0.05) is 22.8 Å². The van der Waals surface area contributed by atoms with Gasteiger partial charge in [0.2, 0.25) is 5.91 Å². The highest BCUT2D eigenvalue weighted by molar-refractivity contribution is 7.85. The van der Waals surface area contributed by atoms with Crippen molar-refractivity contribution < 1.29 is 9.00 Å². The molecule has 0 aliphatic carbocycles. The number of hydrogen-bond donors (Lipinski definition) is 2. The summed E-state index contributed by atoms with van der Waals surface area (Å²) in [7, 11) is -1.18. The van der Waals surface area contributed by atoms with Crippen LogP contribution in [0.15, 0.2) is 53.4 Å². The maximum absolute atomic E-state index is 12.0. The highest BCUT2D eigenvalue weighted by atomic mass is 35.5. The third kappa shape index (κ3) is 4.58. The molecule has 1 atom stereocenters. The van der Waals surface area contributed by atoms with Gasteiger partial charge in [-0.15, -0.1) is 0 Å². The Bertz CT molecular complexity index is 662. The van der Waals surface area contributed by atoms with Crippen molar-refractivity contribution in [2.75, 3.05) is 16.8 Å². The fourth-order valence-corrected chi connectivity index (χ4v) is 2.91. The lowest BCUT2D eigenvalue weighted by Crippen LogP contribution is -2.15. The predicted octanol–water partition coefficient (Wildman–Crippen LogP) is 3.06. The summed E-state index contributed by atoms with van der Waals surface area (Å²) in [5.41, 5.74) is 6.64. The fourth-order valence-electron chi connectivity index (χ4n) is 1.72. The first-order valence-corrected chi connectivity index (χ1v) is 8.04. The molecular weight excluding hydrogens is 308 g/mol. The second kappa shape index (κ2) is 7.24. The smallest absolute Gasteiger partial charge is 0.225 e. The van der Waals surface area contributed by atoms with Crippen LogP contribution in [0.4, 0.5) is 11.4 Å². The normalized spacial score (nSPS) is 11.9. The van der Waals surface area contributed by atoms with E-state index in [2.05, 4.69) is 5.32 Å². The van der Waals surface area contributed by atoms with Gasteiger partial charge < -0.3 is 11.1 Å². The van der Waals surface area contributed by atoms with Gasteiger partial charge in [-0.1, -0.05) is 29.8 Å². The van der Waals surface area contributed by atoms with Crippen molar-refractivity contribution in [1.82, 2.24) is 0 Å². The second-order valence-corrected chi connectivity index (χ2v) is 6.38. The highest BCUT2D eigenvalue weighted by Gasteiger charge is 2.08. The Hall–Kier alpha value is -1.85. The number of halogens is 1. The zero-order valence-corrected chi connectivity index (χ0v) is 12.8. The van der Waals surface area contributed by atoms with E-state index in [-0.39, 0.29) is 18.1 Å². The number of carbonyl (C=O) groups is 1. The lowest BCUT2D eigenvalue weighted by atomic mass is 10.2. The molecule has 1 unspecified atom stereocenters. The molecule has 2 aromatic carbocycles. The van der Waals surface area contributed by atoms with Crippen LogP contribution >= 0.6 is 11.6 Å². The number of carbonyl (C=O) groups excluding carboxylic acids is 1. The number of amides is 1. The summed E-state index contributed by atoms with van der Waals surface area (Å²) in [4.78, 5) is 12.5. The average Bonchev–Trinajstić information content (AvgIpc) is 2.49. The van der Waals surface area contributed by atoms with E-state index in [9.17, 15) is 9.00 Å². The van der Waals surface area contributed by atoms with Crippen molar-refractivity contribution in [3.63, 3.8) is 0 Å². The molecule has 0 fully saturated rings. The van der Waals surface area contributed by atoms with E-state index in [0.717, 1.165) is 4.90 Å². The Morgan fingerprint density at radius 1 is 1.19 bits per heavy atom. The minimum absolute atomic E-state index is 0.171. The largest absolute Gasteiger partial charge is 0.397 e. The van der Waals surface area contributed by atoms with Gasteiger partial charge >= 0.3 is 0 Å². The predicted molar refractivity (Wildman–Crippen MR) is 86.8 cm³/mol. The number of nitrogens with two attached hydrogens (primary N) is 1. The summed E-state index contributed by atoms with van der Waals surface area (Å²) in [6.07, 6.45) is 0.171. The molecule has 0 aromatic heterocycles. The Morgan fingerprint density at radius 2 is 1.90 bits per heavy atom. The Balaban J connectivity index is 1.87. The molecule has 2 rings (SSSR count). The summed E-state index contributed by atoms with van der Waals surface area (Å²) in [6, 6.07) is 14.0. The van der Waals surface area contributed by atoms with Crippen LogP contribution in [0, 0.1) is 0 Å². The summed E-state index contributed by atoms with van der Waals surface area (Å²) < 4.78 is 12.0. The van der Waals surface area contributed by atoms with E-state index in [0.29, 0.717) is 16.4 Å². The van der Waals surface area contributed by atoms with E-state index in [1.54, 1.807) is 30.3 Å². The molecule has 110 valence electrons. The Kier molecular flexibility index (Phi) is 5.36. The standard InChI is InChI=1S/C15H15ClN2O2S/c16-13-7-6-11(10-14(13)17)18-15(19)8-9-21(20)12-4-2-1-3-5-12/h1-7,10H,8-9,17H2,(H,18,19). The van der Waals surface area contributed by atoms with E-state index < -0.39 is 10.8 Å². The molecule has 0 heterocycles. The minimum atomic E-state index is -1.18. The molecule has 0 aliphatic heterocycles. The molecule has 0 saturated carbocycles. The molecule has 6 heteroatoms. The van der Waals surface area contributed by atoms with Crippen molar-refractivity contribution in [3.8, 4) is 0 Å². The first kappa shape index (κ1) is 15.5. The maximum atomic E-state index is 12.0. The number of nitrogens with one attached hydrogen (secondary N) is 1. The Morgan fingerprint density at radius 3 is 2.57 bits per heavy atom. The molecule has 1 amide bonds.